The summed E-state index contributed by atoms with van der Waals surface area (Å²) in [6.07, 6.45) is 0. The van der Waals surface area contributed by atoms with Gasteiger partial charge in [0.25, 0.3) is 0 Å². The van der Waals surface area contributed by atoms with Gasteiger partial charge in [-0.15, -0.1) is 0 Å². The van der Waals surface area contributed by atoms with Crippen molar-refractivity contribution in [2.75, 3.05) is 0 Å². The van der Waals surface area contributed by atoms with Gasteiger partial charge in [-0.1, -0.05) is 34.8 Å². The molecule has 7 heteroatoms. The van der Waals surface area contributed by atoms with Crippen LogP contribution in [0.2, 0.25) is 15.1 Å². The predicted octanol–water partition coefficient (Wildman–Crippen LogP) is 3.84. The van der Waals surface area contributed by atoms with Crippen LogP contribution in [0.25, 0.3) is 5.43 Å². The molecular formula is C6H2Cl3N2O2-. The van der Waals surface area contributed by atoms with Crippen molar-refractivity contribution in [1.29, 1.82) is 0 Å². The smallest absolute Gasteiger partial charge is 0.0434 e. The second kappa shape index (κ2) is 4.00. The first kappa shape index (κ1) is 10.4. The number of benzene rings is 1. The van der Waals surface area contributed by atoms with Crippen LogP contribution in [0, 0.1) is 10.1 Å². The average molecular weight is 240 g/mol. The van der Waals surface area contributed by atoms with Crippen molar-refractivity contribution < 1.29 is 5.03 Å². The van der Waals surface area contributed by atoms with Gasteiger partial charge < -0.3 is 5.43 Å². The molecule has 70 valence electrons. The van der Waals surface area contributed by atoms with Crippen LogP contribution >= 0.6 is 34.8 Å². The molecule has 0 N–H and O–H groups in total. The summed E-state index contributed by atoms with van der Waals surface area (Å²) < 4.78 is 0. The van der Waals surface area contributed by atoms with Crippen molar-refractivity contribution in [2.45, 2.75) is 0 Å². The van der Waals surface area contributed by atoms with Crippen LogP contribution in [0.3, 0.4) is 0 Å². The molecule has 0 aliphatic rings. The molecule has 0 radical (unpaired) electrons. The zero-order valence-corrected chi connectivity index (χ0v) is 8.27. The molecule has 0 saturated heterocycles. The maximum atomic E-state index is 10.0. The Morgan fingerprint density at radius 3 is 2.08 bits per heavy atom. The van der Waals surface area contributed by atoms with E-state index in [1.165, 1.54) is 12.1 Å². The highest BCUT2D eigenvalue weighted by atomic mass is 35.5. The Labute approximate surface area is 88.5 Å². The summed E-state index contributed by atoms with van der Waals surface area (Å²) in [5.41, 5.74) is 2.91. The van der Waals surface area contributed by atoms with Gasteiger partial charge in [-0.2, -0.15) is 0 Å². The van der Waals surface area contributed by atoms with E-state index in [0.717, 1.165) is 0 Å². The quantitative estimate of drug-likeness (QED) is 0.582. The van der Waals surface area contributed by atoms with Crippen LogP contribution in [-0.2, 0) is 0 Å². The van der Waals surface area contributed by atoms with E-state index in [4.69, 9.17) is 34.8 Å². The van der Waals surface area contributed by atoms with Crippen LogP contribution < -0.4 is 0 Å². The molecule has 0 heterocycles. The minimum Gasteiger partial charge on any atom is -0.346 e. The molecule has 0 fully saturated rings. The summed E-state index contributed by atoms with van der Waals surface area (Å²) in [6.45, 7) is 0. The van der Waals surface area contributed by atoms with Gasteiger partial charge in [0, 0.05) is 15.1 Å². The van der Waals surface area contributed by atoms with E-state index in [2.05, 4.69) is 5.43 Å². The third-order valence-corrected chi connectivity index (χ3v) is 1.96. The Morgan fingerprint density at radius 2 is 1.69 bits per heavy atom. The molecule has 0 saturated carbocycles. The SMILES string of the molecule is O=[N+]([O-])[N-]c1c(Cl)cc(Cl)cc1Cl. The molecule has 0 bridgehead atoms. The lowest BCUT2D eigenvalue weighted by Crippen LogP contribution is -1.87. The first-order valence-electron chi connectivity index (χ1n) is 3.01. The molecule has 1 aromatic carbocycles. The van der Waals surface area contributed by atoms with E-state index in [1.807, 2.05) is 0 Å². The van der Waals surface area contributed by atoms with Gasteiger partial charge >= 0.3 is 0 Å². The van der Waals surface area contributed by atoms with Gasteiger partial charge in [-0.3, -0.25) is 10.1 Å². The van der Waals surface area contributed by atoms with E-state index in [1.54, 1.807) is 0 Å². The largest absolute Gasteiger partial charge is 0.346 e. The Morgan fingerprint density at radius 1 is 1.23 bits per heavy atom. The number of rotatable bonds is 2. The zero-order chi connectivity index (χ0) is 10.0. The van der Waals surface area contributed by atoms with Crippen molar-refractivity contribution in [3.63, 3.8) is 0 Å². The highest BCUT2D eigenvalue weighted by Gasteiger charge is 2.02. The second-order valence-electron chi connectivity index (χ2n) is 2.06. The van der Waals surface area contributed by atoms with Crippen LogP contribution in [0.1, 0.15) is 0 Å². The maximum absolute atomic E-state index is 10.0. The third kappa shape index (κ3) is 2.62. The first-order chi connectivity index (χ1) is 6.00. The third-order valence-electron chi connectivity index (χ3n) is 1.16. The molecule has 1 aromatic rings. The molecule has 13 heavy (non-hydrogen) atoms. The fourth-order valence-corrected chi connectivity index (χ4v) is 1.60. The minimum absolute atomic E-state index is 0.0502. The second-order valence-corrected chi connectivity index (χ2v) is 3.31. The van der Waals surface area contributed by atoms with E-state index in [-0.39, 0.29) is 15.7 Å². The van der Waals surface area contributed by atoms with Crippen molar-refractivity contribution in [3.8, 4) is 0 Å². The lowest BCUT2D eigenvalue weighted by Gasteiger charge is -2.14. The fraction of sp³-hybridized carbons (Fsp3) is 0. The van der Waals surface area contributed by atoms with Crippen molar-refractivity contribution >= 4 is 40.5 Å². The molecule has 0 unspecified atom stereocenters. The van der Waals surface area contributed by atoms with Gasteiger partial charge in [0.2, 0.25) is 0 Å². The molecule has 0 aliphatic carbocycles. The number of hydrogen-bond acceptors (Lipinski definition) is 2. The van der Waals surface area contributed by atoms with E-state index in [9.17, 15) is 10.1 Å². The minimum atomic E-state index is -0.874. The van der Waals surface area contributed by atoms with Crippen LogP contribution in [-0.4, -0.2) is 5.03 Å². The lowest BCUT2D eigenvalue weighted by molar-refractivity contribution is -0.418. The zero-order valence-electron chi connectivity index (χ0n) is 6.00. The molecule has 0 amide bonds. The molecule has 0 atom stereocenters. The van der Waals surface area contributed by atoms with E-state index < -0.39 is 5.03 Å². The Balaban J connectivity index is 3.13. The van der Waals surface area contributed by atoms with Crippen LogP contribution in [0.4, 0.5) is 5.69 Å². The summed E-state index contributed by atoms with van der Waals surface area (Å²) in [4.78, 5) is 10.0. The summed E-state index contributed by atoms with van der Waals surface area (Å²) in [5.74, 6) is 0. The van der Waals surface area contributed by atoms with E-state index >= 15 is 0 Å². The van der Waals surface area contributed by atoms with Gasteiger partial charge in [-0.05, 0) is 22.9 Å². The number of nitrogens with zero attached hydrogens (tertiary/aromatic N) is 2. The number of nitro groups is 1. The fourth-order valence-electron chi connectivity index (χ4n) is 0.712. The Kier molecular flexibility index (Phi) is 3.19. The normalized spacial score (nSPS) is 9.77. The van der Waals surface area contributed by atoms with Gasteiger partial charge in [0.1, 0.15) is 0 Å². The van der Waals surface area contributed by atoms with E-state index in [0.29, 0.717) is 5.02 Å². The van der Waals surface area contributed by atoms with Crippen LogP contribution in [0.5, 0.6) is 0 Å². The topological polar surface area (TPSA) is 57.2 Å². The summed E-state index contributed by atoms with van der Waals surface area (Å²) in [7, 11) is 0. The standard InChI is InChI=1S/C6H2Cl3N2O2/c7-3-1-4(8)6(5(9)2-3)10-11(12)13/h1-2H/q-1. The first-order valence-corrected chi connectivity index (χ1v) is 4.14. The molecule has 0 aromatic heterocycles. The van der Waals surface area contributed by atoms with Crippen molar-refractivity contribution in [2.24, 2.45) is 0 Å². The molecule has 4 nitrogen and oxygen atoms in total. The maximum Gasteiger partial charge on any atom is 0.0434 e. The summed E-state index contributed by atoms with van der Waals surface area (Å²) in [6, 6.07) is 2.66. The molecular weight excluding hydrogens is 238 g/mol. The highest BCUT2D eigenvalue weighted by molar-refractivity contribution is 6.41. The predicted molar refractivity (Wildman–Crippen MR) is 51.5 cm³/mol. The summed E-state index contributed by atoms with van der Waals surface area (Å²) in [5, 5.41) is 9.58. The Hall–Kier alpha value is -0.710. The van der Waals surface area contributed by atoms with Crippen molar-refractivity contribution in [1.82, 2.24) is 0 Å². The van der Waals surface area contributed by atoms with Crippen LogP contribution in [0.15, 0.2) is 12.1 Å². The molecule has 0 spiro atoms. The number of hydrogen-bond donors (Lipinski definition) is 0. The van der Waals surface area contributed by atoms with Gasteiger partial charge in [0.05, 0.1) is 0 Å². The summed E-state index contributed by atoms with van der Waals surface area (Å²) >= 11 is 16.8. The lowest BCUT2D eigenvalue weighted by atomic mass is 10.3. The molecule has 1 rings (SSSR count). The average Bonchev–Trinajstić information content (AvgIpc) is 1.96. The monoisotopic (exact) mass is 239 g/mol. The number of halogens is 3. The van der Waals surface area contributed by atoms with Gasteiger partial charge in [0.15, 0.2) is 0 Å². The Bertz CT molecular complexity index is 333. The van der Waals surface area contributed by atoms with Gasteiger partial charge in [-0.25, -0.2) is 0 Å². The molecule has 0 aliphatic heterocycles. The highest BCUT2D eigenvalue weighted by Crippen LogP contribution is 2.38. The van der Waals surface area contributed by atoms with Crippen molar-refractivity contribution in [3.05, 3.63) is 42.7 Å².